The van der Waals surface area contributed by atoms with E-state index in [1.54, 1.807) is 39.8 Å². The van der Waals surface area contributed by atoms with Gasteiger partial charge in [0.25, 0.3) is 0 Å². The lowest BCUT2D eigenvalue weighted by Crippen LogP contribution is -2.12. The molecule has 0 saturated carbocycles. The number of nitrogens with zero attached hydrogens (tertiary/aromatic N) is 3. The van der Waals surface area contributed by atoms with Gasteiger partial charge in [0, 0.05) is 24.8 Å². The third-order valence-corrected chi connectivity index (χ3v) is 4.77. The molecule has 0 bridgehead atoms. The van der Waals surface area contributed by atoms with Crippen LogP contribution in [-0.2, 0) is 0 Å². The van der Waals surface area contributed by atoms with Crippen molar-refractivity contribution in [3.8, 4) is 0 Å². The highest BCUT2D eigenvalue weighted by Gasteiger charge is 2.12. The summed E-state index contributed by atoms with van der Waals surface area (Å²) in [6.07, 6.45) is 2.65. The molecule has 1 aliphatic heterocycles. The fourth-order valence-corrected chi connectivity index (χ4v) is 3.67. The first kappa shape index (κ1) is 12.4. The van der Waals surface area contributed by atoms with Gasteiger partial charge in [-0.1, -0.05) is 21.6 Å². The number of allylic oxidation sites excluding steroid dienone is 2. The van der Waals surface area contributed by atoms with E-state index in [0.29, 0.717) is 5.69 Å². The largest absolute Gasteiger partial charge is 0.361 e. The van der Waals surface area contributed by atoms with Gasteiger partial charge in [-0.15, -0.1) is 10.2 Å². The molecule has 0 unspecified atom stereocenters. The summed E-state index contributed by atoms with van der Waals surface area (Å²) in [6, 6.07) is 3.52. The first-order chi connectivity index (χ1) is 8.16. The molecule has 1 aliphatic rings. The Morgan fingerprint density at radius 3 is 2.76 bits per heavy atom. The maximum Gasteiger partial charge on any atom is 0.206 e. The fraction of sp³-hybridized carbons (Fsp3) is 0.364. The number of rotatable bonds is 3. The smallest absolute Gasteiger partial charge is 0.206 e. The molecule has 90 valence electrons. The minimum atomic E-state index is -0.0622. The van der Waals surface area contributed by atoms with Crippen LogP contribution in [0.25, 0.3) is 0 Å². The van der Waals surface area contributed by atoms with Gasteiger partial charge in [-0.05, 0) is 24.6 Å². The van der Waals surface area contributed by atoms with Gasteiger partial charge in [-0.2, -0.15) is 0 Å². The van der Waals surface area contributed by atoms with Crippen LogP contribution in [0.4, 0.5) is 5.82 Å². The lowest BCUT2D eigenvalue weighted by Gasteiger charge is -2.09. The molecule has 2 rings (SSSR count). The molecule has 0 aliphatic carbocycles. The van der Waals surface area contributed by atoms with Crippen molar-refractivity contribution in [2.75, 3.05) is 24.7 Å². The van der Waals surface area contributed by atoms with Crippen LogP contribution in [0.1, 0.15) is 16.9 Å². The standard InChI is InChI=1S/C11H13N3OS2/c1-14(2)11-4-3-9(12-13-11)10(15)7-8-5-6-16-17-8/h3-4,7H,5-6H2,1-2H3/b8-7+. The van der Waals surface area contributed by atoms with E-state index >= 15 is 0 Å². The first-order valence-corrected chi connectivity index (χ1v) is 7.54. The monoisotopic (exact) mass is 267 g/mol. The summed E-state index contributed by atoms with van der Waals surface area (Å²) in [4.78, 5) is 14.8. The van der Waals surface area contributed by atoms with Crippen LogP contribution in [0.15, 0.2) is 23.1 Å². The highest BCUT2D eigenvalue weighted by molar-refractivity contribution is 8.78. The van der Waals surface area contributed by atoms with Crippen molar-refractivity contribution in [3.05, 3.63) is 28.8 Å². The molecule has 2 heterocycles. The van der Waals surface area contributed by atoms with Crippen LogP contribution in [-0.4, -0.2) is 35.8 Å². The Kier molecular flexibility index (Phi) is 4.06. The quantitative estimate of drug-likeness (QED) is 0.476. The van der Waals surface area contributed by atoms with Crippen LogP contribution in [0.2, 0.25) is 0 Å². The summed E-state index contributed by atoms with van der Waals surface area (Å²) in [7, 11) is 7.23. The molecule has 4 nitrogen and oxygen atoms in total. The third kappa shape index (κ3) is 3.23. The second kappa shape index (κ2) is 5.55. The molecule has 0 atom stereocenters. The van der Waals surface area contributed by atoms with E-state index < -0.39 is 0 Å². The Hall–Kier alpha value is -1.01. The molecule has 0 radical (unpaired) electrons. The van der Waals surface area contributed by atoms with E-state index in [4.69, 9.17) is 0 Å². The SMILES string of the molecule is CN(C)c1ccc(C(=O)/C=C2\CCSS2)nn1. The van der Waals surface area contributed by atoms with E-state index in [-0.39, 0.29) is 5.78 Å². The molecule has 0 N–H and O–H groups in total. The Morgan fingerprint density at radius 2 is 2.24 bits per heavy atom. The zero-order chi connectivity index (χ0) is 12.3. The third-order valence-electron chi connectivity index (χ3n) is 2.25. The molecule has 0 amide bonds. The van der Waals surface area contributed by atoms with Crippen molar-refractivity contribution < 1.29 is 4.79 Å². The molecular formula is C11H13N3OS2. The Balaban J connectivity index is 2.11. The van der Waals surface area contributed by atoms with E-state index in [0.717, 1.165) is 22.9 Å². The summed E-state index contributed by atoms with van der Waals surface area (Å²) in [6.45, 7) is 0. The molecule has 17 heavy (non-hydrogen) atoms. The number of carbonyl (C=O) groups excluding carboxylic acids is 1. The van der Waals surface area contributed by atoms with Gasteiger partial charge in [0.05, 0.1) is 0 Å². The minimum Gasteiger partial charge on any atom is -0.361 e. The highest BCUT2D eigenvalue weighted by Crippen LogP contribution is 2.40. The average Bonchev–Trinajstić information content (AvgIpc) is 2.82. The molecule has 1 aromatic rings. The van der Waals surface area contributed by atoms with E-state index in [1.807, 2.05) is 19.0 Å². The number of aromatic nitrogens is 2. The fourth-order valence-electron chi connectivity index (χ4n) is 1.31. The maximum absolute atomic E-state index is 11.9. The summed E-state index contributed by atoms with van der Waals surface area (Å²) < 4.78 is 0. The number of carbonyl (C=O) groups is 1. The summed E-state index contributed by atoms with van der Waals surface area (Å²) in [5.41, 5.74) is 0.403. The summed E-state index contributed by atoms with van der Waals surface area (Å²) in [5, 5.41) is 7.93. The first-order valence-electron chi connectivity index (χ1n) is 5.22. The van der Waals surface area contributed by atoms with Crippen LogP contribution in [0.3, 0.4) is 0 Å². The minimum absolute atomic E-state index is 0.0622. The second-order valence-corrected chi connectivity index (χ2v) is 6.34. The predicted molar refractivity (Wildman–Crippen MR) is 73.4 cm³/mol. The predicted octanol–water partition coefficient (Wildman–Crippen LogP) is 2.39. The molecule has 0 aromatic carbocycles. The topological polar surface area (TPSA) is 46.1 Å². The van der Waals surface area contributed by atoms with Crippen molar-refractivity contribution in [3.63, 3.8) is 0 Å². The van der Waals surface area contributed by atoms with Crippen molar-refractivity contribution in [1.29, 1.82) is 0 Å². The van der Waals surface area contributed by atoms with Gasteiger partial charge < -0.3 is 4.90 Å². The Bertz CT molecular complexity index is 435. The maximum atomic E-state index is 11.9. The van der Waals surface area contributed by atoms with Crippen molar-refractivity contribution in [1.82, 2.24) is 10.2 Å². The normalized spacial score (nSPS) is 17.4. The lowest BCUT2D eigenvalue weighted by atomic mass is 10.2. The van der Waals surface area contributed by atoms with Gasteiger partial charge in [0.15, 0.2) is 5.82 Å². The van der Waals surface area contributed by atoms with E-state index in [2.05, 4.69) is 10.2 Å². The number of ketones is 1. The number of hydrogen-bond donors (Lipinski definition) is 0. The van der Waals surface area contributed by atoms with Gasteiger partial charge in [0.2, 0.25) is 5.78 Å². The molecule has 1 fully saturated rings. The van der Waals surface area contributed by atoms with Crippen molar-refractivity contribution >= 4 is 33.2 Å². The Morgan fingerprint density at radius 1 is 1.41 bits per heavy atom. The lowest BCUT2D eigenvalue weighted by molar-refractivity contribution is 0.104. The molecule has 0 spiro atoms. The second-order valence-electron chi connectivity index (χ2n) is 3.80. The van der Waals surface area contributed by atoms with Crippen molar-refractivity contribution in [2.24, 2.45) is 0 Å². The summed E-state index contributed by atoms with van der Waals surface area (Å²) in [5.74, 6) is 1.77. The van der Waals surface area contributed by atoms with Crippen LogP contribution >= 0.6 is 21.6 Å². The number of anilines is 1. The molecule has 6 heteroatoms. The zero-order valence-corrected chi connectivity index (χ0v) is 11.3. The van der Waals surface area contributed by atoms with Crippen LogP contribution < -0.4 is 4.90 Å². The van der Waals surface area contributed by atoms with Gasteiger partial charge in [0.1, 0.15) is 5.69 Å². The van der Waals surface area contributed by atoms with Gasteiger partial charge in [-0.25, -0.2) is 0 Å². The van der Waals surface area contributed by atoms with Crippen LogP contribution in [0, 0.1) is 0 Å². The zero-order valence-electron chi connectivity index (χ0n) is 9.71. The van der Waals surface area contributed by atoms with E-state index in [9.17, 15) is 4.79 Å². The molecule has 1 saturated heterocycles. The van der Waals surface area contributed by atoms with E-state index in [1.165, 1.54) is 0 Å². The molecule has 1 aromatic heterocycles. The summed E-state index contributed by atoms with van der Waals surface area (Å²) >= 11 is 0. The highest BCUT2D eigenvalue weighted by atomic mass is 33.1. The molecular weight excluding hydrogens is 254 g/mol. The van der Waals surface area contributed by atoms with Crippen molar-refractivity contribution in [2.45, 2.75) is 6.42 Å². The van der Waals surface area contributed by atoms with Gasteiger partial charge in [-0.3, -0.25) is 4.79 Å². The van der Waals surface area contributed by atoms with Gasteiger partial charge >= 0.3 is 0 Å². The average molecular weight is 267 g/mol. The van der Waals surface area contributed by atoms with Crippen LogP contribution in [0.5, 0.6) is 0 Å². The number of hydrogen-bond acceptors (Lipinski definition) is 6. The Labute approximate surface area is 108 Å².